The van der Waals surface area contributed by atoms with Gasteiger partial charge in [-0.15, -0.1) is 0 Å². The number of hydrogen-bond acceptors (Lipinski definition) is 4. The highest BCUT2D eigenvalue weighted by molar-refractivity contribution is 9.10. The number of nitrogens with zero attached hydrogens (tertiary/aromatic N) is 2. The quantitative estimate of drug-likeness (QED) is 0.490. The third-order valence-corrected chi connectivity index (χ3v) is 4.01. The molecule has 1 aromatic heterocycles. The molecule has 26 heavy (non-hydrogen) atoms. The van der Waals surface area contributed by atoms with Crippen LogP contribution < -0.4 is 10.2 Å². The molecule has 0 saturated heterocycles. The molecule has 0 unspecified atom stereocenters. The minimum Gasteiger partial charge on any atom is -0.488 e. The molecule has 6 heteroatoms. The van der Waals surface area contributed by atoms with Crippen LogP contribution in [-0.2, 0) is 6.61 Å². The monoisotopic (exact) mass is 409 g/mol. The molecule has 0 aliphatic carbocycles. The summed E-state index contributed by atoms with van der Waals surface area (Å²) in [5.41, 5.74) is 4.82. The van der Waals surface area contributed by atoms with Crippen molar-refractivity contribution in [3.8, 4) is 5.75 Å². The van der Waals surface area contributed by atoms with Gasteiger partial charge in [0.1, 0.15) is 12.4 Å². The summed E-state index contributed by atoms with van der Waals surface area (Å²) in [5, 5.41) is 4.03. The Kier molecular flexibility index (Phi) is 6.11. The highest BCUT2D eigenvalue weighted by Gasteiger charge is 2.05. The zero-order valence-corrected chi connectivity index (χ0v) is 15.4. The summed E-state index contributed by atoms with van der Waals surface area (Å²) in [6.07, 6.45) is 4.68. The van der Waals surface area contributed by atoms with E-state index in [4.69, 9.17) is 4.74 Å². The molecule has 0 fully saturated rings. The number of carbonyl (C=O) groups is 1. The topological polar surface area (TPSA) is 63.6 Å². The van der Waals surface area contributed by atoms with Gasteiger partial charge in [-0.1, -0.05) is 46.3 Å². The third kappa shape index (κ3) is 5.00. The molecule has 0 atom stereocenters. The summed E-state index contributed by atoms with van der Waals surface area (Å²) in [5.74, 6) is 0.379. The Hall–Kier alpha value is -2.99. The van der Waals surface area contributed by atoms with Crippen molar-refractivity contribution >= 4 is 28.1 Å². The van der Waals surface area contributed by atoms with Crippen molar-refractivity contribution in [3.63, 3.8) is 0 Å². The second-order valence-electron chi connectivity index (χ2n) is 5.39. The summed E-state index contributed by atoms with van der Waals surface area (Å²) in [7, 11) is 0. The number of carbonyl (C=O) groups excluding carboxylic acids is 1. The average Bonchev–Trinajstić information content (AvgIpc) is 2.69. The van der Waals surface area contributed by atoms with Gasteiger partial charge in [-0.2, -0.15) is 5.10 Å². The lowest BCUT2D eigenvalue weighted by molar-refractivity contribution is 0.0955. The van der Waals surface area contributed by atoms with E-state index in [1.165, 1.54) is 0 Å². The molecule has 0 spiro atoms. The molecule has 3 rings (SSSR count). The number of hydrazone groups is 1. The first-order valence-corrected chi connectivity index (χ1v) is 8.71. The van der Waals surface area contributed by atoms with Gasteiger partial charge in [0, 0.05) is 28.0 Å². The van der Waals surface area contributed by atoms with Crippen molar-refractivity contribution in [1.29, 1.82) is 0 Å². The Morgan fingerprint density at radius 2 is 1.88 bits per heavy atom. The number of aromatic nitrogens is 1. The third-order valence-electron chi connectivity index (χ3n) is 3.52. The van der Waals surface area contributed by atoms with E-state index in [2.05, 4.69) is 31.4 Å². The first-order chi connectivity index (χ1) is 12.7. The summed E-state index contributed by atoms with van der Waals surface area (Å²) >= 11 is 3.44. The molecule has 0 radical (unpaired) electrons. The second-order valence-corrected chi connectivity index (χ2v) is 6.31. The molecule has 1 heterocycles. The van der Waals surface area contributed by atoms with Gasteiger partial charge in [0.15, 0.2) is 0 Å². The number of rotatable bonds is 6. The Morgan fingerprint density at radius 1 is 1.12 bits per heavy atom. The number of pyridine rings is 1. The fourth-order valence-corrected chi connectivity index (χ4v) is 2.59. The van der Waals surface area contributed by atoms with E-state index in [1.807, 2.05) is 48.5 Å². The highest BCUT2D eigenvalue weighted by Crippen LogP contribution is 2.22. The van der Waals surface area contributed by atoms with E-state index in [-0.39, 0.29) is 5.91 Å². The van der Waals surface area contributed by atoms with Crippen LogP contribution in [0.1, 0.15) is 21.5 Å². The maximum atomic E-state index is 12.0. The molecule has 1 N–H and O–H groups in total. The predicted octanol–water partition coefficient (Wildman–Crippen LogP) is 4.19. The molecular weight excluding hydrogens is 394 g/mol. The molecule has 0 aliphatic rings. The summed E-state index contributed by atoms with van der Waals surface area (Å²) in [4.78, 5) is 15.9. The van der Waals surface area contributed by atoms with Crippen LogP contribution in [0.3, 0.4) is 0 Å². The first-order valence-electron chi connectivity index (χ1n) is 7.92. The van der Waals surface area contributed by atoms with E-state index in [1.54, 1.807) is 30.7 Å². The van der Waals surface area contributed by atoms with Gasteiger partial charge in [-0.05, 0) is 35.9 Å². The van der Waals surface area contributed by atoms with E-state index in [0.717, 1.165) is 15.6 Å². The zero-order chi connectivity index (χ0) is 18.2. The molecule has 5 nitrogen and oxygen atoms in total. The molecule has 0 aliphatic heterocycles. The Bertz CT molecular complexity index is 899. The van der Waals surface area contributed by atoms with Crippen molar-refractivity contribution in [2.75, 3.05) is 0 Å². The fraction of sp³-hybridized carbons (Fsp3) is 0.0500. The molecule has 1 amide bonds. The summed E-state index contributed by atoms with van der Waals surface area (Å²) < 4.78 is 6.78. The van der Waals surface area contributed by atoms with E-state index in [0.29, 0.717) is 17.9 Å². The number of hydrogen-bond donors (Lipinski definition) is 1. The Morgan fingerprint density at radius 3 is 2.65 bits per heavy atom. The smallest absolute Gasteiger partial charge is 0.271 e. The van der Waals surface area contributed by atoms with Gasteiger partial charge in [0.05, 0.1) is 6.21 Å². The molecule has 2 aromatic carbocycles. The van der Waals surface area contributed by atoms with Crippen LogP contribution in [0.2, 0.25) is 0 Å². The van der Waals surface area contributed by atoms with Gasteiger partial charge in [-0.3, -0.25) is 9.78 Å². The lowest BCUT2D eigenvalue weighted by Crippen LogP contribution is -2.17. The Labute approximate surface area is 159 Å². The average molecular weight is 410 g/mol. The Balaban J connectivity index is 1.68. The lowest BCUT2D eigenvalue weighted by Gasteiger charge is -2.09. The van der Waals surface area contributed by atoms with Gasteiger partial charge < -0.3 is 4.74 Å². The zero-order valence-electron chi connectivity index (χ0n) is 13.8. The number of ether oxygens (including phenoxy) is 1. The fourth-order valence-electron chi connectivity index (χ4n) is 2.22. The number of nitrogens with one attached hydrogen (secondary N) is 1. The summed E-state index contributed by atoms with van der Waals surface area (Å²) in [6.45, 7) is 0.451. The van der Waals surface area contributed by atoms with Crippen molar-refractivity contribution in [3.05, 3.63) is 94.2 Å². The molecular formula is C20H16BrN3O2. The number of amides is 1. The maximum absolute atomic E-state index is 12.0. The van der Waals surface area contributed by atoms with Gasteiger partial charge in [0.25, 0.3) is 5.91 Å². The van der Waals surface area contributed by atoms with E-state index >= 15 is 0 Å². The second kappa shape index (κ2) is 8.92. The molecule has 0 saturated carbocycles. The maximum Gasteiger partial charge on any atom is 0.271 e. The van der Waals surface area contributed by atoms with Crippen LogP contribution in [-0.4, -0.2) is 17.1 Å². The van der Waals surface area contributed by atoms with Crippen LogP contribution in [0.4, 0.5) is 0 Å². The highest BCUT2D eigenvalue weighted by atomic mass is 79.9. The standard InChI is InChI=1S/C20H16BrN3O2/c21-18-6-7-19(26-14-15-4-2-1-3-5-15)17(12-18)13-23-24-20(25)16-8-10-22-11-9-16/h1-13H,14H2,(H,24,25)/b23-13-. The van der Waals surface area contributed by atoms with Crippen molar-refractivity contribution in [2.24, 2.45) is 5.10 Å². The van der Waals surface area contributed by atoms with Crippen LogP contribution in [0.25, 0.3) is 0 Å². The van der Waals surface area contributed by atoms with Gasteiger partial charge in [-0.25, -0.2) is 5.43 Å². The van der Waals surface area contributed by atoms with Crippen LogP contribution >= 0.6 is 15.9 Å². The normalized spacial score (nSPS) is 10.7. The first kappa shape index (κ1) is 17.8. The molecule has 3 aromatic rings. The predicted molar refractivity (Wildman–Crippen MR) is 104 cm³/mol. The van der Waals surface area contributed by atoms with E-state index in [9.17, 15) is 4.79 Å². The van der Waals surface area contributed by atoms with Crippen molar-refractivity contribution in [1.82, 2.24) is 10.4 Å². The van der Waals surface area contributed by atoms with Crippen molar-refractivity contribution < 1.29 is 9.53 Å². The SMILES string of the molecule is O=C(N/N=C\c1cc(Br)ccc1OCc1ccccc1)c1ccncc1. The minimum atomic E-state index is -0.301. The molecule has 130 valence electrons. The number of benzene rings is 2. The van der Waals surface area contributed by atoms with Crippen LogP contribution in [0, 0.1) is 0 Å². The van der Waals surface area contributed by atoms with Crippen molar-refractivity contribution in [2.45, 2.75) is 6.61 Å². The minimum absolute atomic E-state index is 0.301. The largest absolute Gasteiger partial charge is 0.488 e. The molecule has 0 bridgehead atoms. The number of halogens is 1. The summed E-state index contributed by atoms with van der Waals surface area (Å²) in [6, 6.07) is 18.8. The van der Waals surface area contributed by atoms with Crippen LogP contribution in [0.5, 0.6) is 5.75 Å². The van der Waals surface area contributed by atoms with Crippen LogP contribution in [0.15, 0.2) is 82.6 Å². The van der Waals surface area contributed by atoms with Gasteiger partial charge in [0.2, 0.25) is 0 Å². The van der Waals surface area contributed by atoms with E-state index < -0.39 is 0 Å². The lowest BCUT2D eigenvalue weighted by atomic mass is 10.2. The van der Waals surface area contributed by atoms with Gasteiger partial charge >= 0.3 is 0 Å².